The molecule has 4 aromatic carbocycles. The van der Waals surface area contributed by atoms with Gasteiger partial charge in [0, 0.05) is 75.8 Å². The third-order valence-corrected chi connectivity index (χ3v) is 13.1. The van der Waals surface area contributed by atoms with E-state index in [0.29, 0.717) is 40.5 Å². The average molecular weight is 1010 g/mol. The minimum Gasteiger partial charge on any atom is -0.260 e. The van der Waals surface area contributed by atoms with Gasteiger partial charge in [0.2, 0.25) is 0 Å². The highest BCUT2D eigenvalue weighted by molar-refractivity contribution is 6.30. The molecule has 0 bridgehead atoms. The normalized spacial score (nSPS) is 12.7. The van der Waals surface area contributed by atoms with Crippen LogP contribution in [0.2, 0.25) is 10.0 Å². The van der Waals surface area contributed by atoms with Gasteiger partial charge in [0.15, 0.2) is 0 Å². The molecule has 4 aromatic heterocycles. The molecule has 8 aromatic rings. The van der Waals surface area contributed by atoms with Crippen molar-refractivity contribution in [1.82, 2.24) is 19.9 Å². The third kappa shape index (κ3) is 17.0. The second kappa shape index (κ2) is 27.7. The number of pyridine rings is 4. The predicted molar refractivity (Wildman–Crippen MR) is 298 cm³/mol. The van der Waals surface area contributed by atoms with Crippen LogP contribution in [0, 0.1) is 63.0 Å². The smallest absolute Gasteiger partial charge is 0.123 e. The first-order valence-electron chi connectivity index (χ1n) is 25.0. The number of aromatic nitrogens is 4. The summed E-state index contributed by atoms with van der Waals surface area (Å²) in [7, 11) is 0. The summed E-state index contributed by atoms with van der Waals surface area (Å²) in [6.45, 7) is 25.8. The first kappa shape index (κ1) is 56.8. The van der Waals surface area contributed by atoms with Crippen LogP contribution in [0.15, 0.2) is 170 Å². The zero-order valence-corrected chi connectivity index (χ0v) is 45.6. The zero-order chi connectivity index (χ0) is 52.5. The van der Waals surface area contributed by atoms with E-state index in [-0.39, 0.29) is 23.5 Å². The molecule has 0 aliphatic rings. The van der Waals surface area contributed by atoms with Gasteiger partial charge in [0.1, 0.15) is 11.6 Å². The van der Waals surface area contributed by atoms with Gasteiger partial charge in [0.25, 0.3) is 0 Å². The van der Waals surface area contributed by atoms with E-state index < -0.39 is 0 Å². The molecule has 0 saturated heterocycles. The van der Waals surface area contributed by atoms with Crippen molar-refractivity contribution in [2.45, 2.75) is 107 Å². The summed E-state index contributed by atoms with van der Waals surface area (Å²) in [5.74, 6) is 2.50. The summed E-state index contributed by atoms with van der Waals surface area (Å²) < 4.78 is 26.0. The van der Waals surface area contributed by atoms with Gasteiger partial charge in [-0.3, -0.25) is 19.9 Å². The quantitative estimate of drug-likeness (QED) is 0.122. The highest BCUT2D eigenvalue weighted by atomic mass is 35.5. The van der Waals surface area contributed by atoms with E-state index in [1.807, 2.05) is 86.0 Å². The fourth-order valence-corrected chi connectivity index (χ4v) is 9.25. The van der Waals surface area contributed by atoms with Crippen LogP contribution < -0.4 is 0 Å². The molecule has 4 heterocycles. The van der Waals surface area contributed by atoms with Crippen LogP contribution in [-0.2, 0) is 0 Å². The molecule has 0 saturated carbocycles. The number of benzene rings is 4. The monoisotopic (exact) mass is 1000 g/mol. The van der Waals surface area contributed by atoms with Crippen LogP contribution in [0.4, 0.5) is 8.78 Å². The van der Waals surface area contributed by atoms with E-state index in [1.165, 1.54) is 57.8 Å². The summed E-state index contributed by atoms with van der Waals surface area (Å²) in [6, 6.07) is 48.6. The lowest BCUT2D eigenvalue weighted by atomic mass is 9.85. The van der Waals surface area contributed by atoms with E-state index in [9.17, 15) is 8.78 Å². The number of rotatable bonds is 12. The number of hydrogen-bond donors (Lipinski definition) is 0. The molecule has 0 aliphatic carbocycles. The molecule has 4 atom stereocenters. The van der Waals surface area contributed by atoms with Gasteiger partial charge < -0.3 is 0 Å². The lowest BCUT2D eigenvalue weighted by Gasteiger charge is -2.21. The Labute approximate surface area is 439 Å². The Morgan fingerprint density at radius 1 is 0.333 bits per heavy atom. The first-order valence-corrected chi connectivity index (χ1v) is 25.8. The predicted octanol–water partition coefficient (Wildman–Crippen LogP) is 18.3. The SMILES string of the molecule is CC(C)C(c1ccc(F)cc1)c1ccc(Cl)cn1.Cc1ccc(C(c2ccc(C)cn2)C(C)C)cc1.Cc1ccc(C(c2ccc(Cl)cc2)C(C)C)nc1.Cc1cccc(C(c2ccc(F)cc2)C(C)C)n1. The Bertz CT molecular complexity index is 2440. The van der Waals surface area contributed by atoms with E-state index in [0.717, 1.165) is 38.9 Å². The Hall–Kier alpha value is -6.08. The van der Waals surface area contributed by atoms with Crippen molar-refractivity contribution in [3.05, 3.63) is 259 Å². The molecule has 376 valence electrons. The van der Waals surface area contributed by atoms with Crippen LogP contribution in [0.1, 0.15) is 146 Å². The van der Waals surface area contributed by atoms with Crippen LogP contribution in [0.25, 0.3) is 0 Å². The van der Waals surface area contributed by atoms with E-state index in [2.05, 4.69) is 157 Å². The van der Waals surface area contributed by atoms with Crippen molar-refractivity contribution in [3.8, 4) is 0 Å². The van der Waals surface area contributed by atoms with E-state index in [1.54, 1.807) is 6.20 Å². The van der Waals surface area contributed by atoms with Gasteiger partial charge in [-0.2, -0.15) is 0 Å². The Morgan fingerprint density at radius 3 is 0.986 bits per heavy atom. The molecule has 4 unspecified atom stereocenters. The van der Waals surface area contributed by atoms with Crippen LogP contribution in [0.5, 0.6) is 0 Å². The third-order valence-electron chi connectivity index (χ3n) is 12.6. The van der Waals surface area contributed by atoms with E-state index >= 15 is 0 Å². The van der Waals surface area contributed by atoms with Crippen molar-refractivity contribution in [2.24, 2.45) is 23.7 Å². The molecule has 0 fully saturated rings. The molecule has 0 radical (unpaired) electrons. The summed E-state index contributed by atoms with van der Waals surface area (Å²) in [5.41, 5.74) is 13.8. The van der Waals surface area contributed by atoms with Gasteiger partial charge >= 0.3 is 0 Å². The average Bonchev–Trinajstić information content (AvgIpc) is 3.34. The second-order valence-electron chi connectivity index (χ2n) is 20.1. The molecule has 0 spiro atoms. The van der Waals surface area contributed by atoms with Crippen molar-refractivity contribution < 1.29 is 8.78 Å². The molecule has 8 rings (SSSR count). The second-order valence-corrected chi connectivity index (χ2v) is 21.0. The van der Waals surface area contributed by atoms with Crippen molar-refractivity contribution in [3.63, 3.8) is 0 Å². The molecule has 8 heteroatoms. The van der Waals surface area contributed by atoms with Crippen LogP contribution in [-0.4, -0.2) is 19.9 Å². The Balaban J connectivity index is 0.000000178. The highest BCUT2D eigenvalue weighted by Crippen LogP contribution is 2.34. The molecule has 0 N–H and O–H groups in total. The molecular weight excluding hydrogens is 934 g/mol. The zero-order valence-electron chi connectivity index (χ0n) is 44.1. The summed E-state index contributed by atoms with van der Waals surface area (Å²) >= 11 is 11.8. The fourth-order valence-electron chi connectivity index (χ4n) is 9.01. The summed E-state index contributed by atoms with van der Waals surface area (Å²) in [5, 5.41) is 1.40. The van der Waals surface area contributed by atoms with Gasteiger partial charge in [-0.15, -0.1) is 0 Å². The van der Waals surface area contributed by atoms with Crippen molar-refractivity contribution >= 4 is 23.2 Å². The summed E-state index contributed by atoms with van der Waals surface area (Å²) in [4.78, 5) is 18.1. The highest BCUT2D eigenvalue weighted by Gasteiger charge is 2.22. The first-order chi connectivity index (χ1) is 34.3. The Morgan fingerprint density at radius 2 is 0.653 bits per heavy atom. The standard InChI is InChI=1S/C17H21N.C16H18ClN.C16H18FN.C15H15ClFN/c1-12(2)17(15-8-5-13(3)6-9-15)16-10-7-14(4)11-18-16;1-11(2)16(13-5-7-14(17)8-6-13)15-9-4-12(3)10-18-15;1-11(2)16(13-7-9-14(17)10-8-13)15-6-4-5-12(3)18-15;1-10(2)15(11-3-6-13(17)7-4-11)14-8-5-12(16)9-18-14/h5-12,17H,1-4H3;2*4-11,16H,1-3H3;3-10,15H,1-2H3. The summed E-state index contributed by atoms with van der Waals surface area (Å²) in [6.07, 6.45) is 5.54. The number of hydrogen-bond acceptors (Lipinski definition) is 4. The van der Waals surface area contributed by atoms with E-state index in [4.69, 9.17) is 23.2 Å². The number of halogens is 4. The lowest BCUT2D eigenvalue weighted by molar-refractivity contribution is 0.549. The van der Waals surface area contributed by atoms with Gasteiger partial charge in [-0.05, 0) is 158 Å². The van der Waals surface area contributed by atoms with Crippen molar-refractivity contribution in [1.29, 1.82) is 0 Å². The minimum atomic E-state index is -0.217. The van der Waals surface area contributed by atoms with Crippen LogP contribution >= 0.6 is 23.2 Å². The largest absolute Gasteiger partial charge is 0.260 e. The molecule has 0 amide bonds. The van der Waals surface area contributed by atoms with Gasteiger partial charge in [-0.1, -0.05) is 163 Å². The van der Waals surface area contributed by atoms with Gasteiger partial charge in [0.05, 0.1) is 5.02 Å². The maximum absolute atomic E-state index is 13.0. The number of aryl methyl sites for hydroxylation is 4. The molecule has 4 nitrogen and oxygen atoms in total. The van der Waals surface area contributed by atoms with Gasteiger partial charge in [-0.25, -0.2) is 8.78 Å². The molecular formula is C64H72Cl2F2N4. The van der Waals surface area contributed by atoms with Crippen molar-refractivity contribution in [2.75, 3.05) is 0 Å². The maximum atomic E-state index is 13.0. The van der Waals surface area contributed by atoms with Crippen LogP contribution in [0.3, 0.4) is 0 Å². The molecule has 0 aliphatic heterocycles. The topological polar surface area (TPSA) is 51.6 Å². The minimum absolute atomic E-state index is 0.155. The molecule has 72 heavy (non-hydrogen) atoms. The number of nitrogens with zero attached hydrogens (tertiary/aromatic N) is 4. The lowest BCUT2D eigenvalue weighted by Crippen LogP contribution is -2.10. The maximum Gasteiger partial charge on any atom is 0.123 e. The Kier molecular flexibility index (Phi) is 21.8. The fraction of sp³-hybridized carbons (Fsp3) is 0.312.